The van der Waals surface area contributed by atoms with Gasteiger partial charge in [0, 0.05) is 17.3 Å². The lowest BCUT2D eigenvalue weighted by atomic mass is 9.93. The molecular formula is C23H25N3O2. The van der Waals surface area contributed by atoms with Crippen LogP contribution < -0.4 is 11.1 Å². The van der Waals surface area contributed by atoms with Crippen LogP contribution in [-0.2, 0) is 9.59 Å². The van der Waals surface area contributed by atoms with Gasteiger partial charge in [-0.3, -0.25) is 9.59 Å². The van der Waals surface area contributed by atoms with E-state index >= 15 is 0 Å². The van der Waals surface area contributed by atoms with E-state index in [1.54, 1.807) is 13.8 Å². The average molecular weight is 375 g/mol. The molecule has 144 valence electrons. The molecular weight excluding hydrogens is 350 g/mol. The first kappa shape index (κ1) is 19.4. The Kier molecular flexibility index (Phi) is 5.36. The molecule has 0 saturated heterocycles. The van der Waals surface area contributed by atoms with E-state index in [0.29, 0.717) is 5.57 Å². The highest BCUT2D eigenvalue weighted by atomic mass is 16.2. The number of carbonyl (C=O) groups excluding carboxylic acids is 2. The Morgan fingerprint density at radius 2 is 1.86 bits per heavy atom. The van der Waals surface area contributed by atoms with Gasteiger partial charge in [-0.05, 0) is 85.2 Å². The van der Waals surface area contributed by atoms with Crippen LogP contribution >= 0.6 is 0 Å². The summed E-state index contributed by atoms with van der Waals surface area (Å²) in [6.45, 7) is 7.39. The van der Waals surface area contributed by atoms with Gasteiger partial charge in [0.2, 0.25) is 11.8 Å². The summed E-state index contributed by atoms with van der Waals surface area (Å²) < 4.78 is 0. The molecule has 1 atom stereocenters. The number of nitrogens with one attached hydrogen (secondary N) is 2. The second kappa shape index (κ2) is 7.72. The van der Waals surface area contributed by atoms with Crippen LogP contribution in [0, 0.1) is 13.8 Å². The lowest BCUT2D eigenvalue weighted by Crippen LogP contribution is -2.42. The number of hydrogen-bond donors (Lipinski definition) is 3. The van der Waals surface area contributed by atoms with Gasteiger partial charge < -0.3 is 16.0 Å². The molecule has 0 saturated carbocycles. The maximum absolute atomic E-state index is 12.3. The first-order valence-corrected chi connectivity index (χ1v) is 9.23. The van der Waals surface area contributed by atoms with Crippen molar-refractivity contribution in [3.8, 4) is 11.1 Å². The highest BCUT2D eigenvalue weighted by Gasteiger charge is 2.14. The van der Waals surface area contributed by atoms with Gasteiger partial charge in [0.1, 0.15) is 6.04 Å². The van der Waals surface area contributed by atoms with Gasteiger partial charge >= 0.3 is 0 Å². The minimum atomic E-state index is -0.704. The van der Waals surface area contributed by atoms with E-state index in [-0.39, 0.29) is 5.91 Å². The standard InChI is InChI=1S/C23H25N3O2/c1-13-11-20(17-5-6-21-18(12-17)7-8-25-21)14(2)9-19(13)10-15(3)23(28)26-16(4)22(24)27/h5-12,16,25H,1-4H3,(H2,24,27)(H,26,28)/t16-/m1/s1. The van der Waals surface area contributed by atoms with Gasteiger partial charge in [0.05, 0.1) is 0 Å². The second-order valence-electron chi connectivity index (χ2n) is 7.23. The summed E-state index contributed by atoms with van der Waals surface area (Å²) in [6.07, 6.45) is 3.78. The molecule has 0 bridgehead atoms. The van der Waals surface area contributed by atoms with E-state index in [0.717, 1.165) is 27.8 Å². The number of hydrogen-bond acceptors (Lipinski definition) is 2. The number of primary amides is 1. The van der Waals surface area contributed by atoms with Crippen molar-refractivity contribution in [3.63, 3.8) is 0 Å². The molecule has 0 radical (unpaired) electrons. The number of fused-ring (bicyclic) bond motifs is 1. The van der Waals surface area contributed by atoms with Crippen molar-refractivity contribution < 1.29 is 9.59 Å². The molecule has 5 nitrogen and oxygen atoms in total. The molecule has 2 amide bonds. The molecule has 0 fully saturated rings. The molecule has 3 aromatic rings. The van der Waals surface area contributed by atoms with Crippen molar-refractivity contribution in [2.45, 2.75) is 33.7 Å². The molecule has 1 heterocycles. The highest BCUT2D eigenvalue weighted by Crippen LogP contribution is 2.30. The minimum absolute atomic E-state index is 0.301. The largest absolute Gasteiger partial charge is 0.368 e. The topological polar surface area (TPSA) is 88.0 Å². The van der Waals surface area contributed by atoms with Crippen LogP contribution in [0.15, 0.2) is 48.2 Å². The Balaban J connectivity index is 1.91. The summed E-state index contributed by atoms with van der Waals surface area (Å²) in [7, 11) is 0. The third-order valence-corrected chi connectivity index (χ3v) is 4.98. The van der Waals surface area contributed by atoms with Crippen LogP contribution in [0.1, 0.15) is 30.5 Å². The Morgan fingerprint density at radius 1 is 1.11 bits per heavy atom. The fraction of sp³-hybridized carbons (Fsp3) is 0.217. The van der Waals surface area contributed by atoms with Gasteiger partial charge in [-0.25, -0.2) is 0 Å². The lowest BCUT2D eigenvalue weighted by Gasteiger charge is -2.13. The Morgan fingerprint density at radius 3 is 2.57 bits per heavy atom. The zero-order valence-electron chi connectivity index (χ0n) is 16.6. The molecule has 0 aliphatic heterocycles. The van der Waals surface area contributed by atoms with Gasteiger partial charge in [-0.1, -0.05) is 18.2 Å². The quantitative estimate of drug-likeness (QED) is 0.592. The van der Waals surface area contributed by atoms with Crippen molar-refractivity contribution in [1.82, 2.24) is 10.3 Å². The SMILES string of the molecule is CC(=Cc1cc(C)c(-c2ccc3[nH]ccc3c2)cc1C)C(=O)N[C@H](C)C(N)=O. The van der Waals surface area contributed by atoms with Crippen LogP contribution in [-0.4, -0.2) is 22.8 Å². The Bertz CT molecular complexity index is 1090. The fourth-order valence-electron chi connectivity index (χ4n) is 3.21. The van der Waals surface area contributed by atoms with Crippen LogP contribution in [0.4, 0.5) is 0 Å². The molecule has 0 spiro atoms. The third-order valence-electron chi connectivity index (χ3n) is 4.98. The summed E-state index contributed by atoms with van der Waals surface area (Å²) in [5, 5.41) is 3.78. The van der Waals surface area contributed by atoms with Crippen molar-refractivity contribution in [2.24, 2.45) is 5.73 Å². The summed E-state index contributed by atoms with van der Waals surface area (Å²) in [5.41, 5.74) is 12.4. The van der Waals surface area contributed by atoms with Crippen LogP contribution in [0.25, 0.3) is 28.1 Å². The fourth-order valence-corrected chi connectivity index (χ4v) is 3.21. The van der Waals surface area contributed by atoms with Crippen LogP contribution in [0.2, 0.25) is 0 Å². The molecule has 28 heavy (non-hydrogen) atoms. The van der Waals surface area contributed by atoms with Crippen molar-refractivity contribution in [2.75, 3.05) is 0 Å². The number of rotatable bonds is 5. The van der Waals surface area contributed by atoms with E-state index in [1.807, 2.05) is 19.2 Å². The first-order chi connectivity index (χ1) is 13.3. The summed E-state index contributed by atoms with van der Waals surface area (Å²) in [5.74, 6) is -0.859. The maximum Gasteiger partial charge on any atom is 0.247 e. The summed E-state index contributed by atoms with van der Waals surface area (Å²) in [4.78, 5) is 26.6. The Labute approximate surface area is 164 Å². The molecule has 0 aliphatic carbocycles. The van der Waals surface area contributed by atoms with Gasteiger partial charge in [0.25, 0.3) is 0 Å². The lowest BCUT2D eigenvalue weighted by molar-refractivity contribution is -0.124. The molecule has 0 aliphatic rings. The predicted octanol–water partition coefficient (Wildman–Crippen LogP) is 3.85. The van der Waals surface area contributed by atoms with E-state index in [2.05, 4.69) is 53.6 Å². The minimum Gasteiger partial charge on any atom is -0.368 e. The number of carbonyl (C=O) groups is 2. The van der Waals surface area contributed by atoms with E-state index in [4.69, 9.17) is 5.73 Å². The van der Waals surface area contributed by atoms with Crippen molar-refractivity contribution >= 4 is 28.8 Å². The zero-order chi connectivity index (χ0) is 20.4. The number of aromatic nitrogens is 1. The smallest absolute Gasteiger partial charge is 0.247 e. The van der Waals surface area contributed by atoms with Crippen LogP contribution in [0.5, 0.6) is 0 Å². The second-order valence-corrected chi connectivity index (χ2v) is 7.23. The summed E-state index contributed by atoms with van der Waals surface area (Å²) >= 11 is 0. The number of benzene rings is 2. The number of nitrogens with two attached hydrogens (primary N) is 1. The molecule has 3 rings (SSSR count). The first-order valence-electron chi connectivity index (χ1n) is 9.23. The van der Waals surface area contributed by atoms with Crippen molar-refractivity contribution in [1.29, 1.82) is 0 Å². The molecule has 2 aromatic carbocycles. The third kappa shape index (κ3) is 3.98. The van der Waals surface area contributed by atoms with E-state index in [1.165, 1.54) is 10.9 Å². The monoisotopic (exact) mass is 375 g/mol. The van der Waals surface area contributed by atoms with Crippen molar-refractivity contribution in [3.05, 3.63) is 64.9 Å². The highest BCUT2D eigenvalue weighted by molar-refractivity contribution is 5.99. The molecule has 5 heteroatoms. The zero-order valence-corrected chi connectivity index (χ0v) is 16.6. The normalized spacial score (nSPS) is 12.8. The number of H-pyrrole nitrogens is 1. The van der Waals surface area contributed by atoms with E-state index < -0.39 is 11.9 Å². The molecule has 1 aromatic heterocycles. The molecule has 4 N–H and O–H groups in total. The van der Waals surface area contributed by atoms with E-state index in [9.17, 15) is 9.59 Å². The predicted molar refractivity (Wildman–Crippen MR) is 114 cm³/mol. The number of aryl methyl sites for hydroxylation is 2. The number of aromatic amines is 1. The Hall–Kier alpha value is -3.34. The van der Waals surface area contributed by atoms with Gasteiger partial charge in [0.15, 0.2) is 0 Å². The average Bonchev–Trinajstić information content (AvgIpc) is 3.11. The molecule has 0 unspecified atom stereocenters. The summed E-state index contributed by atoms with van der Waals surface area (Å²) in [6, 6.07) is 12.0. The van der Waals surface area contributed by atoms with Crippen LogP contribution in [0.3, 0.4) is 0 Å². The number of amides is 2. The van der Waals surface area contributed by atoms with Gasteiger partial charge in [-0.15, -0.1) is 0 Å². The van der Waals surface area contributed by atoms with Gasteiger partial charge in [-0.2, -0.15) is 0 Å². The maximum atomic E-state index is 12.3.